The number of aromatic nitrogens is 1. The van der Waals surface area contributed by atoms with Gasteiger partial charge in [-0.1, -0.05) is 6.07 Å². The van der Waals surface area contributed by atoms with E-state index >= 15 is 0 Å². The quantitative estimate of drug-likeness (QED) is 0.882. The summed E-state index contributed by atoms with van der Waals surface area (Å²) in [5.41, 5.74) is 7.01. The first kappa shape index (κ1) is 13.3. The van der Waals surface area contributed by atoms with E-state index < -0.39 is 12.1 Å². The molecule has 0 spiro atoms. The Labute approximate surface area is 104 Å². The summed E-state index contributed by atoms with van der Waals surface area (Å²) in [6.07, 6.45) is 0.783. The number of rotatable bonds is 2. The molecule has 0 amide bonds. The summed E-state index contributed by atoms with van der Waals surface area (Å²) in [4.78, 5) is 3.99. The molecule has 1 aliphatic rings. The Morgan fingerprint density at radius 3 is 2.39 bits per heavy atom. The van der Waals surface area contributed by atoms with Gasteiger partial charge in [-0.25, -0.2) is 0 Å². The van der Waals surface area contributed by atoms with Crippen LogP contribution in [0.3, 0.4) is 0 Å². The minimum absolute atomic E-state index is 0.132. The molecule has 0 bridgehead atoms. The normalized spacial score (nSPS) is 26.9. The minimum Gasteiger partial charge on any atom is -0.324 e. The first-order valence-electron chi connectivity index (χ1n) is 6.20. The van der Waals surface area contributed by atoms with Crippen molar-refractivity contribution in [2.45, 2.75) is 37.9 Å². The minimum atomic E-state index is -4.05. The van der Waals surface area contributed by atoms with Gasteiger partial charge in [-0.2, -0.15) is 13.2 Å². The van der Waals surface area contributed by atoms with E-state index in [1.54, 1.807) is 18.5 Å². The second-order valence-corrected chi connectivity index (χ2v) is 4.97. The van der Waals surface area contributed by atoms with E-state index in [4.69, 9.17) is 5.73 Å². The van der Waals surface area contributed by atoms with Gasteiger partial charge in [0.15, 0.2) is 0 Å². The fraction of sp³-hybridized carbons (Fsp3) is 0.615. The highest BCUT2D eigenvalue weighted by Gasteiger charge is 2.42. The van der Waals surface area contributed by atoms with Crippen LogP contribution in [0.4, 0.5) is 13.2 Å². The van der Waals surface area contributed by atoms with Crippen molar-refractivity contribution in [2.75, 3.05) is 0 Å². The molecule has 18 heavy (non-hydrogen) atoms. The molecule has 1 aliphatic carbocycles. The Balaban J connectivity index is 1.94. The third kappa shape index (κ3) is 3.02. The molecule has 0 aliphatic heterocycles. The van der Waals surface area contributed by atoms with Crippen LogP contribution in [0, 0.1) is 11.8 Å². The van der Waals surface area contributed by atoms with Gasteiger partial charge in [-0.05, 0) is 43.2 Å². The lowest BCUT2D eigenvalue weighted by molar-refractivity contribution is -0.184. The van der Waals surface area contributed by atoms with Crippen LogP contribution in [0.5, 0.6) is 0 Å². The molecule has 2 nitrogen and oxygen atoms in total. The summed E-state index contributed by atoms with van der Waals surface area (Å²) in [5.74, 6) is -1.01. The predicted molar refractivity (Wildman–Crippen MR) is 62.7 cm³/mol. The van der Waals surface area contributed by atoms with Crippen LogP contribution in [0.2, 0.25) is 0 Å². The topological polar surface area (TPSA) is 38.9 Å². The van der Waals surface area contributed by atoms with Crippen LogP contribution in [0.1, 0.15) is 37.3 Å². The van der Waals surface area contributed by atoms with Crippen molar-refractivity contribution >= 4 is 0 Å². The second-order valence-electron chi connectivity index (χ2n) is 4.97. The van der Waals surface area contributed by atoms with Gasteiger partial charge in [-0.3, -0.25) is 4.98 Å². The van der Waals surface area contributed by atoms with Crippen LogP contribution in [-0.2, 0) is 0 Å². The summed E-state index contributed by atoms with van der Waals surface area (Å²) in [6.45, 7) is 0. The van der Waals surface area contributed by atoms with Gasteiger partial charge >= 0.3 is 6.18 Å². The average Bonchev–Trinajstić information content (AvgIpc) is 2.38. The van der Waals surface area contributed by atoms with E-state index in [0.717, 1.165) is 5.56 Å². The van der Waals surface area contributed by atoms with Gasteiger partial charge in [-0.15, -0.1) is 0 Å². The first-order chi connectivity index (χ1) is 8.48. The number of pyridine rings is 1. The Morgan fingerprint density at radius 2 is 1.89 bits per heavy atom. The molecule has 1 saturated carbocycles. The molecule has 1 atom stereocenters. The third-order valence-electron chi connectivity index (χ3n) is 3.81. The van der Waals surface area contributed by atoms with Crippen molar-refractivity contribution in [3.8, 4) is 0 Å². The molecule has 1 aromatic heterocycles. The Bertz CT molecular complexity index is 370. The van der Waals surface area contributed by atoms with Gasteiger partial charge in [0.1, 0.15) is 0 Å². The molecule has 1 fully saturated rings. The maximum Gasteiger partial charge on any atom is 0.391 e. The Hall–Kier alpha value is -1.10. The van der Waals surface area contributed by atoms with Crippen LogP contribution in [-0.4, -0.2) is 11.2 Å². The zero-order valence-corrected chi connectivity index (χ0v) is 10.0. The molecule has 100 valence electrons. The SMILES string of the molecule is NC(c1cccnc1)C1CCC(C(F)(F)F)CC1. The van der Waals surface area contributed by atoms with Crippen molar-refractivity contribution < 1.29 is 13.2 Å². The van der Waals surface area contributed by atoms with Gasteiger partial charge in [0, 0.05) is 18.4 Å². The van der Waals surface area contributed by atoms with Crippen molar-refractivity contribution in [1.29, 1.82) is 0 Å². The Kier molecular flexibility index (Phi) is 3.90. The fourth-order valence-corrected chi connectivity index (χ4v) is 2.65. The number of nitrogens with two attached hydrogens (primary N) is 1. The number of alkyl halides is 3. The smallest absolute Gasteiger partial charge is 0.324 e. The van der Waals surface area contributed by atoms with Gasteiger partial charge in [0.05, 0.1) is 5.92 Å². The van der Waals surface area contributed by atoms with Crippen LogP contribution < -0.4 is 5.73 Å². The van der Waals surface area contributed by atoms with Crippen molar-refractivity contribution in [3.63, 3.8) is 0 Å². The highest BCUT2D eigenvalue weighted by Crippen LogP contribution is 2.42. The third-order valence-corrected chi connectivity index (χ3v) is 3.81. The van der Waals surface area contributed by atoms with E-state index in [0.29, 0.717) is 12.8 Å². The maximum atomic E-state index is 12.6. The first-order valence-corrected chi connectivity index (χ1v) is 6.20. The van der Waals surface area contributed by atoms with Crippen molar-refractivity contribution in [3.05, 3.63) is 30.1 Å². The molecule has 2 rings (SSSR count). The lowest BCUT2D eigenvalue weighted by atomic mass is 9.77. The van der Waals surface area contributed by atoms with Crippen molar-refractivity contribution in [1.82, 2.24) is 4.98 Å². The van der Waals surface area contributed by atoms with E-state index in [1.165, 1.54) is 0 Å². The van der Waals surface area contributed by atoms with Crippen LogP contribution in [0.25, 0.3) is 0 Å². The zero-order valence-electron chi connectivity index (χ0n) is 10.0. The second kappa shape index (κ2) is 5.26. The maximum absolute atomic E-state index is 12.6. The number of nitrogens with zero attached hydrogens (tertiary/aromatic N) is 1. The molecule has 1 unspecified atom stereocenters. The molecular formula is C13H17F3N2. The summed E-state index contributed by atoms with van der Waals surface area (Å²) >= 11 is 0. The molecule has 0 aromatic carbocycles. The molecule has 1 aromatic rings. The summed E-state index contributed by atoms with van der Waals surface area (Å²) in [6, 6.07) is 3.48. The molecule has 0 saturated heterocycles. The fourth-order valence-electron chi connectivity index (χ4n) is 2.65. The molecule has 5 heteroatoms. The molecule has 2 N–H and O–H groups in total. The summed E-state index contributed by atoms with van der Waals surface area (Å²) < 4.78 is 37.7. The standard InChI is InChI=1S/C13H17F3N2/c14-13(15,16)11-5-3-9(4-6-11)12(17)10-2-1-7-18-8-10/h1-2,7-9,11-12H,3-6,17H2. The summed E-state index contributed by atoms with van der Waals surface area (Å²) in [5, 5.41) is 0. The lowest BCUT2D eigenvalue weighted by Crippen LogP contribution is -2.31. The van der Waals surface area contributed by atoms with E-state index in [1.807, 2.05) is 6.07 Å². The number of halogens is 3. The van der Waals surface area contributed by atoms with Gasteiger partial charge in [0.2, 0.25) is 0 Å². The molecule has 0 radical (unpaired) electrons. The number of hydrogen-bond acceptors (Lipinski definition) is 2. The van der Waals surface area contributed by atoms with Crippen LogP contribution in [0.15, 0.2) is 24.5 Å². The van der Waals surface area contributed by atoms with Crippen LogP contribution >= 0.6 is 0 Å². The highest BCUT2D eigenvalue weighted by atomic mass is 19.4. The summed E-state index contributed by atoms with van der Waals surface area (Å²) in [7, 11) is 0. The largest absolute Gasteiger partial charge is 0.391 e. The lowest BCUT2D eigenvalue weighted by Gasteiger charge is -2.33. The molecule has 1 heterocycles. The number of hydrogen-bond donors (Lipinski definition) is 1. The average molecular weight is 258 g/mol. The predicted octanol–water partition coefficient (Wildman–Crippen LogP) is 3.45. The van der Waals surface area contributed by atoms with E-state index in [-0.39, 0.29) is 24.8 Å². The highest BCUT2D eigenvalue weighted by molar-refractivity contribution is 5.14. The van der Waals surface area contributed by atoms with Crippen molar-refractivity contribution in [2.24, 2.45) is 17.6 Å². The van der Waals surface area contributed by atoms with Gasteiger partial charge in [0.25, 0.3) is 0 Å². The van der Waals surface area contributed by atoms with E-state index in [9.17, 15) is 13.2 Å². The van der Waals surface area contributed by atoms with E-state index in [2.05, 4.69) is 4.98 Å². The molecular weight excluding hydrogens is 241 g/mol. The monoisotopic (exact) mass is 258 g/mol. The zero-order chi connectivity index (χ0) is 13.2. The Morgan fingerprint density at radius 1 is 1.22 bits per heavy atom. The van der Waals surface area contributed by atoms with Gasteiger partial charge < -0.3 is 5.73 Å².